The molecule has 1 aromatic carbocycles. The highest BCUT2D eigenvalue weighted by atomic mass is 16.4. The van der Waals surface area contributed by atoms with Crippen molar-refractivity contribution in [2.45, 2.75) is 89.5 Å². The summed E-state index contributed by atoms with van der Waals surface area (Å²) in [6.07, 6.45) is 1.68. The van der Waals surface area contributed by atoms with Crippen molar-refractivity contribution >= 4 is 11.9 Å². The van der Waals surface area contributed by atoms with E-state index in [4.69, 9.17) is 5.11 Å². The summed E-state index contributed by atoms with van der Waals surface area (Å²) < 4.78 is 2.15. The second-order valence-electron chi connectivity index (χ2n) is 9.75. The van der Waals surface area contributed by atoms with Crippen LogP contribution in [0.15, 0.2) is 30.3 Å². The van der Waals surface area contributed by atoms with Crippen molar-refractivity contribution in [3.8, 4) is 0 Å². The Balaban J connectivity index is 1.87. The normalized spacial score (nSPS) is 15.9. The molecule has 2 aromatic rings. The zero-order valence-electron chi connectivity index (χ0n) is 20.6. The van der Waals surface area contributed by atoms with Gasteiger partial charge in [-0.3, -0.25) is 9.59 Å². The molecule has 0 spiro atoms. The number of carbonyl (C=O) groups is 2. The van der Waals surface area contributed by atoms with Crippen LogP contribution in [0.3, 0.4) is 0 Å². The third kappa shape index (κ3) is 6.72. The Morgan fingerprint density at radius 3 is 2.37 bits per heavy atom. The van der Waals surface area contributed by atoms with Gasteiger partial charge in [0.15, 0.2) is 0 Å². The lowest BCUT2D eigenvalue weighted by Gasteiger charge is -2.21. The lowest BCUT2D eigenvalue weighted by atomic mass is 9.92. The van der Waals surface area contributed by atoms with Crippen LogP contribution in [0.1, 0.15) is 90.8 Å². The molecule has 0 aliphatic heterocycles. The Hall–Kier alpha value is -2.68. The van der Waals surface area contributed by atoms with Crippen LogP contribution in [0.2, 0.25) is 0 Å². The minimum absolute atomic E-state index is 0.00459. The molecule has 0 radical (unpaired) electrons. The van der Waals surface area contributed by atoms with Gasteiger partial charge in [0, 0.05) is 17.9 Å². The molecule has 0 saturated carbocycles. The molecule has 5 N–H and O–H groups in total. The number of aliphatic hydroxyl groups excluding tert-OH is 3. The van der Waals surface area contributed by atoms with E-state index in [1.165, 1.54) is 0 Å². The molecular formula is C27H38N2O6. The smallest absolute Gasteiger partial charge is 0.305 e. The van der Waals surface area contributed by atoms with Gasteiger partial charge < -0.3 is 30.3 Å². The van der Waals surface area contributed by atoms with Gasteiger partial charge in [-0.05, 0) is 55.6 Å². The van der Waals surface area contributed by atoms with E-state index >= 15 is 0 Å². The van der Waals surface area contributed by atoms with E-state index in [1.54, 1.807) is 0 Å². The molecule has 1 aromatic heterocycles. The fourth-order valence-corrected chi connectivity index (χ4v) is 5.15. The number of aromatic nitrogens is 1. The maximum absolute atomic E-state index is 13.6. The fraction of sp³-hybridized carbons (Fsp3) is 0.556. The number of carboxylic acid groups (broad SMARTS) is 1. The van der Waals surface area contributed by atoms with Gasteiger partial charge in [0.2, 0.25) is 0 Å². The summed E-state index contributed by atoms with van der Waals surface area (Å²) in [5.74, 6) is -1.25. The van der Waals surface area contributed by atoms with Gasteiger partial charge in [0.1, 0.15) is 0 Å². The van der Waals surface area contributed by atoms with Crippen LogP contribution in [-0.4, -0.2) is 55.7 Å². The van der Waals surface area contributed by atoms with Gasteiger partial charge in [-0.25, -0.2) is 0 Å². The maximum atomic E-state index is 13.6. The molecule has 3 rings (SSSR count). The van der Waals surface area contributed by atoms with Crippen LogP contribution in [0, 0.1) is 0 Å². The van der Waals surface area contributed by atoms with Crippen LogP contribution in [-0.2, 0) is 24.2 Å². The first-order valence-electron chi connectivity index (χ1n) is 12.5. The van der Waals surface area contributed by atoms with Gasteiger partial charge in [0.05, 0.1) is 36.8 Å². The Morgan fingerprint density at radius 1 is 1.06 bits per heavy atom. The number of hydrogen-bond acceptors (Lipinski definition) is 5. The third-order valence-corrected chi connectivity index (χ3v) is 6.72. The number of hydrogen-bond donors (Lipinski definition) is 5. The van der Waals surface area contributed by atoms with Crippen molar-refractivity contribution in [3.63, 3.8) is 0 Å². The van der Waals surface area contributed by atoms with E-state index in [9.17, 15) is 24.9 Å². The standard InChI is InChI=1S/C27H38N2O6/c1-17(2)26-25(27(35)28-22(16-30)18-8-4-3-5-9-18)21-10-6-7-11-23(21)29(26)13-12-19(31)14-20(32)15-24(33)34/h3-5,8-9,17,19-20,22,30-32H,6-7,10-16H2,1-2H3,(H,28,35)(H,33,34)/t19-,20-,22-/m1/s1. The average molecular weight is 487 g/mol. The number of nitrogens with one attached hydrogen (secondary N) is 1. The molecule has 3 atom stereocenters. The van der Waals surface area contributed by atoms with Gasteiger partial charge in [-0.15, -0.1) is 0 Å². The minimum Gasteiger partial charge on any atom is -0.481 e. The van der Waals surface area contributed by atoms with Crippen molar-refractivity contribution in [2.75, 3.05) is 6.61 Å². The summed E-state index contributed by atoms with van der Waals surface area (Å²) in [7, 11) is 0. The predicted octanol–water partition coefficient (Wildman–Crippen LogP) is 2.93. The monoisotopic (exact) mass is 486 g/mol. The summed E-state index contributed by atoms with van der Waals surface area (Å²) in [5, 5.41) is 42.2. The highest BCUT2D eigenvalue weighted by molar-refractivity contribution is 5.98. The molecular weight excluding hydrogens is 448 g/mol. The number of rotatable bonds is 12. The molecule has 0 fully saturated rings. The number of fused-ring (bicyclic) bond motifs is 1. The largest absolute Gasteiger partial charge is 0.481 e. The minimum atomic E-state index is -1.10. The number of aliphatic hydroxyl groups is 3. The molecule has 1 aliphatic carbocycles. The molecule has 8 heteroatoms. The molecule has 35 heavy (non-hydrogen) atoms. The maximum Gasteiger partial charge on any atom is 0.305 e. The van der Waals surface area contributed by atoms with E-state index in [2.05, 4.69) is 9.88 Å². The SMILES string of the molecule is CC(C)c1c(C(=O)N[C@H](CO)c2ccccc2)c2c(n1CC[C@@H](O)C[C@@H](O)CC(=O)O)CCCC2. The van der Waals surface area contributed by atoms with Gasteiger partial charge in [-0.2, -0.15) is 0 Å². The zero-order chi connectivity index (χ0) is 25.5. The number of amides is 1. The summed E-state index contributed by atoms with van der Waals surface area (Å²) in [6.45, 7) is 4.36. The van der Waals surface area contributed by atoms with E-state index in [0.717, 1.165) is 48.2 Å². The highest BCUT2D eigenvalue weighted by Crippen LogP contribution is 2.35. The van der Waals surface area contributed by atoms with E-state index < -0.39 is 30.6 Å². The van der Waals surface area contributed by atoms with Gasteiger partial charge >= 0.3 is 5.97 Å². The second-order valence-corrected chi connectivity index (χ2v) is 9.75. The summed E-state index contributed by atoms with van der Waals surface area (Å²) in [6, 6.07) is 8.89. The first-order chi connectivity index (χ1) is 16.7. The average Bonchev–Trinajstić information content (AvgIpc) is 3.16. The first kappa shape index (κ1) is 26.9. The number of benzene rings is 1. The third-order valence-electron chi connectivity index (χ3n) is 6.72. The summed E-state index contributed by atoms with van der Waals surface area (Å²) in [5.41, 5.74) is 4.58. The lowest BCUT2D eigenvalue weighted by molar-refractivity contribution is -0.139. The first-order valence-corrected chi connectivity index (χ1v) is 12.5. The summed E-state index contributed by atoms with van der Waals surface area (Å²) in [4.78, 5) is 24.4. The van der Waals surface area contributed by atoms with Crippen LogP contribution in [0.4, 0.5) is 0 Å². The van der Waals surface area contributed by atoms with Crippen LogP contribution >= 0.6 is 0 Å². The van der Waals surface area contributed by atoms with E-state index in [1.807, 2.05) is 44.2 Å². The number of aliphatic carboxylic acids is 1. The van der Waals surface area contributed by atoms with Gasteiger partial charge in [0.25, 0.3) is 5.91 Å². The predicted molar refractivity (Wildman–Crippen MR) is 132 cm³/mol. The van der Waals surface area contributed by atoms with E-state index in [0.29, 0.717) is 18.5 Å². The molecule has 0 saturated heterocycles. The van der Waals surface area contributed by atoms with Crippen molar-refractivity contribution in [1.29, 1.82) is 0 Å². The molecule has 1 heterocycles. The van der Waals surface area contributed by atoms with Crippen LogP contribution < -0.4 is 5.32 Å². The van der Waals surface area contributed by atoms with Crippen LogP contribution in [0.5, 0.6) is 0 Å². The molecule has 1 aliphatic rings. The van der Waals surface area contributed by atoms with E-state index in [-0.39, 0.29) is 24.9 Å². The Kier molecular flexibility index (Phi) is 9.48. The Labute approximate surface area is 206 Å². The highest BCUT2D eigenvalue weighted by Gasteiger charge is 2.31. The number of carbonyl (C=O) groups excluding carboxylic acids is 1. The molecule has 0 unspecified atom stereocenters. The Bertz CT molecular complexity index is 1000. The number of nitrogens with zero attached hydrogens (tertiary/aromatic N) is 1. The van der Waals surface area contributed by atoms with Crippen molar-refractivity contribution in [3.05, 3.63) is 58.4 Å². The Morgan fingerprint density at radius 2 is 1.74 bits per heavy atom. The molecule has 0 bridgehead atoms. The molecule has 192 valence electrons. The van der Waals surface area contributed by atoms with Gasteiger partial charge in [-0.1, -0.05) is 44.2 Å². The molecule has 8 nitrogen and oxygen atoms in total. The zero-order valence-corrected chi connectivity index (χ0v) is 20.6. The summed E-state index contributed by atoms with van der Waals surface area (Å²) >= 11 is 0. The van der Waals surface area contributed by atoms with Crippen molar-refractivity contribution in [2.24, 2.45) is 0 Å². The second kappa shape index (κ2) is 12.3. The molecule has 1 amide bonds. The topological polar surface area (TPSA) is 132 Å². The quantitative estimate of drug-likeness (QED) is 0.313. The van der Waals surface area contributed by atoms with Crippen molar-refractivity contribution in [1.82, 2.24) is 9.88 Å². The number of carboxylic acids is 1. The van der Waals surface area contributed by atoms with Crippen molar-refractivity contribution < 1.29 is 30.0 Å². The fourth-order valence-electron chi connectivity index (χ4n) is 5.15. The lowest BCUT2D eigenvalue weighted by Crippen LogP contribution is -2.32. The van der Waals surface area contributed by atoms with Crippen LogP contribution in [0.25, 0.3) is 0 Å².